The molecule has 0 bridgehead atoms. The molecule has 0 heterocycles. The highest BCUT2D eigenvalue weighted by Gasteiger charge is 2.19. The van der Waals surface area contributed by atoms with Gasteiger partial charge in [-0.05, 0) is 32.6 Å². The molecule has 0 aromatic heterocycles. The molecule has 0 aliphatic carbocycles. The normalized spacial score (nSPS) is 12.5. The van der Waals surface area contributed by atoms with E-state index in [1.54, 1.807) is 6.92 Å². The maximum Gasteiger partial charge on any atom is 0.133 e. The zero-order valence-electron chi connectivity index (χ0n) is 11.4. The molecule has 98 valence electrons. The molecule has 0 saturated carbocycles. The van der Waals surface area contributed by atoms with Gasteiger partial charge in [0, 0.05) is 25.2 Å². The number of rotatable bonds is 9. The fourth-order valence-corrected chi connectivity index (χ4v) is 1.87. The van der Waals surface area contributed by atoms with Gasteiger partial charge in [-0.3, -0.25) is 9.59 Å². The van der Waals surface area contributed by atoms with Crippen LogP contribution in [0, 0.1) is 11.8 Å². The molecule has 0 aliphatic rings. The minimum Gasteiger partial charge on any atom is -0.300 e. The van der Waals surface area contributed by atoms with Gasteiger partial charge in [0.25, 0.3) is 0 Å². The average Bonchev–Trinajstić information content (AvgIpc) is 2.15. The van der Waals surface area contributed by atoms with Gasteiger partial charge in [0.15, 0.2) is 0 Å². The molecule has 0 saturated heterocycles. The first-order valence-corrected chi connectivity index (χ1v) is 6.34. The molecular weight excluding hydrogens is 216 g/mol. The fraction of sp³-hybridized carbons (Fsp3) is 0.786. The summed E-state index contributed by atoms with van der Waals surface area (Å²) in [5.74, 6) is 0.600. The van der Waals surface area contributed by atoms with Crippen molar-refractivity contribution in [2.24, 2.45) is 11.8 Å². The summed E-state index contributed by atoms with van der Waals surface area (Å²) < 4.78 is 0. The van der Waals surface area contributed by atoms with Crippen LogP contribution < -0.4 is 0 Å². The maximum absolute atomic E-state index is 11.7. The summed E-state index contributed by atoms with van der Waals surface area (Å²) in [5.41, 5.74) is 0. The maximum atomic E-state index is 11.7. The summed E-state index contributed by atoms with van der Waals surface area (Å²) in [7, 11) is 0. The van der Waals surface area contributed by atoms with Crippen LogP contribution in [-0.4, -0.2) is 17.3 Å². The molecule has 0 fully saturated rings. The van der Waals surface area contributed by atoms with E-state index in [9.17, 15) is 14.4 Å². The predicted molar refractivity (Wildman–Crippen MR) is 67.8 cm³/mol. The Kier molecular flexibility index (Phi) is 7.68. The zero-order valence-corrected chi connectivity index (χ0v) is 11.4. The highest BCUT2D eigenvalue weighted by molar-refractivity contribution is 5.87. The van der Waals surface area contributed by atoms with Gasteiger partial charge in [-0.1, -0.05) is 13.8 Å². The van der Waals surface area contributed by atoms with Gasteiger partial charge in [0.2, 0.25) is 0 Å². The Bertz CT molecular complexity index is 279. The summed E-state index contributed by atoms with van der Waals surface area (Å²) in [6, 6.07) is 0. The standard InChI is InChI=1S/C14H24O3/c1-10(2)8-13(12(4)16)9-14(17)7-5-6-11(3)15/h10,13H,5-9H2,1-4H3/t13-/m1/s1. The van der Waals surface area contributed by atoms with Crippen molar-refractivity contribution in [3.05, 3.63) is 0 Å². The SMILES string of the molecule is CC(=O)CCCC(=O)C[C@@H](CC(C)C)C(C)=O. The van der Waals surface area contributed by atoms with Gasteiger partial charge in [0.1, 0.15) is 17.3 Å². The van der Waals surface area contributed by atoms with E-state index < -0.39 is 0 Å². The van der Waals surface area contributed by atoms with E-state index in [1.165, 1.54) is 6.92 Å². The van der Waals surface area contributed by atoms with E-state index in [1.807, 2.05) is 0 Å². The van der Waals surface area contributed by atoms with Crippen LogP contribution in [0.2, 0.25) is 0 Å². The second kappa shape index (κ2) is 8.15. The van der Waals surface area contributed by atoms with Crippen LogP contribution in [-0.2, 0) is 14.4 Å². The molecule has 0 amide bonds. The lowest BCUT2D eigenvalue weighted by molar-refractivity contribution is -0.127. The van der Waals surface area contributed by atoms with Crippen molar-refractivity contribution in [1.82, 2.24) is 0 Å². The lowest BCUT2D eigenvalue weighted by atomic mass is 9.88. The molecular formula is C14H24O3. The number of carbonyl (C=O) groups is 3. The van der Waals surface area contributed by atoms with Crippen LogP contribution in [0.3, 0.4) is 0 Å². The predicted octanol–water partition coefficient (Wildman–Crippen LogP) is 2.96. The summed E-state index contributed by atoms with van der Waals surface area (Å²) >= 11 is 0. The molecule has 3 heteroatoms. The van der Waals surface area contributed by atoms with Crippen molar-refractivity contribution in [2.75, 3.05) is 0 Å². The molecule has 0 radical (unpaired) electrons. The first kappa shape index (κ1) is 16.0. The van der Waals surface area contributed by atoms with Crippen LogP contribution in [0.4, 0.5) is 0 Å². The summed E-state index contributed by atoms with van der Waals surface area (Å²) in [5, 5.41) is 0. The van der Waals surface area contributed by atoms with E-state index in [0.717, 1.165) is 6.42 Å². The lowest BCUT2D eigenvalue weighted by Crippen LogP contribution is -2.18. The smallest absolute Gasteiger partial charge is 0.133 e. The van der Waals surface area contributed by atoms with E-state index >= 15 is 0 Å². The molecule has 0 aromatic rings. The Morgan fingerprint density at radius 3 is 2.00 bits per heavy atom. The van der Waals surface area contributed by atoms with Crippen LogP contribution in [0.5, 0.6) is 0 Å². The molecule has 0 spiro atoms. The van der Waals surface area contributed by atoms with Crippen molar-refractivity contribution in [1.29, 1.82) is 0 Å². The first-order chi connectivity index (χ1) is 7.82. The molecule has 0 rings (SSSR count). The molecule has 17 heavy (non-hydrogen) atoms. The summed E-state index contributed by atoms with van der Waals surface area (Å²) in [4.78, 5) is 33.8. The Balaban J connectivity index is 4.04. The first-order valence-electron chi connectivity index (χ1n) is 6.34. The lowest BCUT2D eigenvalue weighted by Gasteiger charge is -2.15. The second-order valence-corrected chi connectivity index (χ2v) is 5.24. The largest absolute Gasteiger partial charge is 0.300 e. The molecule has 0 unspecified atom stereocenters. The van der Waals surface area contributed by atoms with E-state index in [0.29, 0.717) is 31.6 Å². The van der Waals surface area contributed by atoms with Gasteiger partial charge in [-0.25, -0.2) is 0 Å². The summed E-state index contributed by atoms with van der Waals surface area (Å²) in [6.45, 7) is 7.18. The zero-order chi connectivity index (χ0) is 13.4. The van der Waals surface area contributed by atoms with Crippen molar-refractivity contribution < 1.29 is 14.4 Å². The quantitative estimate of drug-likeness (QED) is 0.622. The number of hydrogen-bond donors (Lipinski definition) is 0. The van der Waals surface area contributed by atoms with Crippen LogP contribution in [0.1, 0.15) is 59.8 Å². The Morgan fingerprint density at radius 1 is 1.00 bits per heavy atom. The van der Waals surface area contributed by atoms with Crippen LogP contribution >= 0.6 is 0 Å². The number of hydrogen-bond acceptors (Lipinski definition) is 3. The fourth-order valence-electron chi connectivity index (χ4n) is 1.87. The minimum atomic E-state index is -0.139. The molecule has 0 N–H and O–H groups in total. The van der Waals surface area contributed by atoms with Gasteiger partial charge in [-0.2, -0.15) is 0 Å². The second-order valence-electron chi connectivity index (χ2n) is 5.24. The van der Waals surface area contributed by atoms with Gasteiger partial charge < -0.3 is 4.79 Å². The number of ketones is 3. The Labute approximate surface area is 104 Å². The van der Waals surface area contributed by atoms with Crippen molar-refractivity contribution >= 4 is 17.3 Å². The van der Waals surface area contributed by atoms with Gasteiger partial charge in [0.05, 0.1) is 0 Å². The van der Waals surface area contributed by atoms with E-state index in [2.05, 4.69) is 13.8 Å². The minimum absolute atomic E-state index is 0.0959. The number of Topliss-reactive ketones (excluding diaryl/α,β-unsaturated/α-hetero) is 3. The monoisotopic (exact) mass is 240 g/mol. The van der Waals surface area contributed by atoms with Crippen molar-refractivity contribution in [2.45, 2.75) is 59.8 Å². The molecule has 0 aliphatic heterocycles. The molecule has 1 atom stereocenters. The summed E-state index contributed by atoms with van der Waals surface area (Å²) in [6.07, 6.45) is 2.60. The van der Waals surface area contributed by atoms with Gasteiger partial charge in [-0.15, -0.1) is 0 Å². The third kappa shape index (κ3) is 8.78. The van der Waals surface area contributed by atoms with E-state index in [4.69, 9.17) is 0 Å². The Hall–Kier alpha value is -0.990. The topological polar surface area (TPSA) is 51.2 Å². The van der Waals surface area contributed by atoms with E-state index in [-0.39, 0.29) is 23.3 Å². The average molecular weight is 240 g/mol. The highest BCUT2D eigenvalue weighted by atomic mass is 16.1. The van der Waals surface area contributed by atoms with Crippen molar-refractivity contribution in [3.63, 3.8) is 0 Å². The van der Waals surface area contributed by atoms with Crippen LogP contribution in [0.25, 0.3) is 0 Å². The van der Waals surface area contributed by atoms with Crippen LogP contribution in [0.15, 0.2) is 0 Å². The third-order valence-electron chi connectivity index (χ3n) is 2.79. The van der Waals surface area contributed by atoms with Gasteiger partial charge >= 0.3 is 0 Å². The third-order valence-corrected chi connectivity index (χ3v) is 2.79. The molecule has 3 nitrogen and oxygen atoms in total. The Morgan fingerprint density at radius 2 is 1.59 bits per heavy atom. The molecule has 0 aromatic carbocycles. The number of carbonyl (C=O) groups excluding carboxylic acids is 3. The van der Waals surface area contributed by atoms with Crippen molar-refractivity contribution in [3.8, 4) is 0 Å². The highest BCUT2D eigenvalue weighted by Crippen LogP contribution is 2.18.